The molecule has 0 fully saturated rings. The van der Waals surface area contributed by atoms with Crippen molar-refractivity contribution in [1.82, 2.24) is 5.32 Å². The van der Waals surface area contributed by atoms with E-state index in [1.54, 1.807) is 0 Å². The Labute approximate surface area is 97.2 Å². The zero-order chi connectivity index (χ0) is 13.0. The summed E-state index contributed by atoms with van der Waals surface area (Å²) in [5.74, 6) is -2.74. The van der Waals surface area contributed by atoms with Gasteiger partial charge in [0.15, 0.2) is 11.6 Å². The van der Waals surface area contributed by atoms with Crippen molar-refractivity contribution in [3.8, 4) is 6.07 Å². The van der Waals surface area contributed by atoms with Gasteiger partial charge in [-0.1, -0.05) is 0 Å². The van der Waals surface area contributed by atoms with Crippen molar-refractivity contribution in [1.29, 1.82) is 5.26 Å². The van der Waals surface area contributed by atoms with Crippen LogP contribution in [-0.4, -0.2) is 19.0 Å². The van der Waals surface area contributed by atoms with Crippen molar-refractivity contribution < 1.29 is 13.6 Å². The minimum atomic E-state index is -1.22. The number of halogens is 2. The van der Waals surface area contributed by atoms with Gasteiger partial charge in [0, 0.05) is 7.05 Å². The molecule has 0 heterocycles. The third-order valence-electron chi connectivity index (χ3n) is 2.21. The van der Waals surface area contributed by atoms with Crippen LogP contribution in [0.25, 0.3) is 0 Å². The third-order valence-corrected chi connectivity index (χ3v) is 2.21. The highest BCUT2D eigenvalue weighted by Gasteiger charge is 2.17. The number of anilines is 1. The first kappa shape index (κ1) is 12.9. The lowest BCUT2D eigenvalue weighted by Crippen LogP contribution is -2.35. The molecular weight excluding hydrogens is 228 g/mol. The van der Waals surface area contributed by atoms with Crippen LogP contribution < -0.4 is 10.6 Å². The molecule has 0 aliphatic carbocycles. The van der Waals surface area contributed by atoms with Crippen LogP contribution in [0, 0.1) is 23.0 Å². The van der Waals surface area contributed by atoms with Crippen molar-refractivity contribution in [2.75, 3.05) is 12.4 Å². The maximum atomic E-state index is 13.5. The summed E-state index contributed by atoms with van der Waals surface area (Å²) in [6.07, 6.45) is 0. The number of likely N-dealkylation sites (N-methyl/N-ethyl adjacent to an activating group) is 1. The van der Waals surface area contributed by atoms with Crippen LogP contribution in [0.4, 0.5) is 14.5 Å². The largest absolute Gasteiger partial charge is 0.371 e. The van der Waals surface area contributed by atoms with Gasteiger partial charge >= 0.3 is 0 Å². The molecule has 1 unspecified atom stereocenters. The number of carbonyl (C=O) groups excluding carboxylic acids is 1. The summed E-state index contributed by atoms with van der Waals surface area (Å²) >= 11 is 0. The molecule has 4 nitrogen and oxygen atoms in total. The second kappa shape index (κ2) is 5.25. The van der Waals surface area contributed by atoms with Gasteiger partial charge in [0.1, 0.15) is 12.1 Å². The molecule has 0 aromatic heterocycles. The maximum Gasteiger partial charge on any atom is 0.241 e. The van der Waals surface area contributed by atoms with Gasteiger partial charge in [-0.2, -0.15) is 5.26 Å². The van der Waals surface area contributed by atoms with Crippen LogP contribution in [0.5, 0.6) is 0 Å². The van der Waals surface area contributed by atoms with Crippen LogP contribution in [0.15, 0.2) is 12.1 Å². The fourth-order valence-corrected chi connectivity index (χ4v) is 1.26. The van der Waals surface area contributed by atoms with E-state index in [4.69, 9.17) is 5.26 Å². The average molecular weight is 239 g/mol. The second-order valence-electron chi connectivity index (χ2n) is 3.38. The number of nitriles is 1. The first-order valence-corrected chi connectivity index (χ1v) is 4.87. The number of nitrogens with zero attached hydrogens (tertiary/aromatic N) is 1. The summed E-state index contributed by atoms with van der Waals surface area (Å²) in [7, 11) is 1.44. The molecule has 0 saturated carbocycles. The molecule has 0 bridgehead atoms. The summed E-state index contributed by atoms with van der Waals surface area (Å²) in [4.78, 5) is 11.2. The molecule has 0 radical (unpaired) electrons. The van der Waals surface area contributed by atoms with Gasteiger partial charge in [-0.05, 0) is 19.1 Å². The lowest BCUT2D eigenvalue weighted by Gasteiger charge is -2.14. The fourth-order valence-electron chi connectivity index (χ4n) is 1.26. The zero-order valence-electron chi connectivity index (χ0n) is 9.34. The van der Waals surface area contributed by atoms with Crippen molar-refractivity contribution in [2.45, 2.75) is 13.0 Å². The highest BCUT2D eigenvalue weighted by molar-refractivity contribution is 5.83. The molecule has 1 rings (SSSR count). The molecule has 2 N–H and O–H groups in total. The molecule has 1 aromatic carbocycles. The van der Waals surface area contributed by atoms with Crippen LogP contribution >= 0.6 is 0 Å². The van der Waals surface area contributed by atoms with E-state index >= 15 is 0 Å². The molecule has 0 aliphatic rings. The summed E-state index contributed by atoms with van der Waals surface area (Å²) in [5, 5.41) is 13.4. The van der Waals surface area contributed by atoms with Crippen LogP contribution in [0.3, 0.4) is 0 Å². The number of amides is 1. The lowest BCUT2D eigenvalue weighted by molar-refractivity contribution is -0.121. The molecule has 0 saturated heterocycles. The molecule has 1 amide bonds. The molecule has 90 valence electrons. The Kier molecular flexibility index (Phi) is 3.99. The number of hydrogen-bond donors (Lipinski definition) is 2. The van der Waals surface area contributed by atoms with Crippen molar-refractivity contribution >= 4 is 11.6 Å². The zero-order valence-corrected chi connectivity index (χ0v) is 9.34. The van der Waals surface area contributed by atoms with Crippen LogP contribution in [-0.2, 0) is 4.79 Å². The summed E-state index contributed by atoms with van der Waals surface area (Å²) < 4.78 is 26.7. The minimum absolute atomic E-state index is 0.155. The molecule has 6 heteroatoms. The molecule has 0 spiro atoms. The van der Waals surface area contributed by atoms with E-state index in [1.807, 2.05) is 0 Å². The number of nitrogens with one attached hydrogen (secondary N) is 2. The maximum absolute atomic E-state index is 13.5. The van der Waals surface area contributed by atoms with Gasteiger partial charge in [-0.3, -0.25) is 4.79 Å². The summed E-state index contributed by atoms with van der Waals surface area (Å²) in [6.45, 7) is 1.51. The second-order valence-corrected chi connectivity index (χ2v) is 3.38. The van der Waals surface area contributed by atoms with Crippen molar-refractivity contribution in [3.05, 3.63) is 29.3 Å². The van der Waals surface area contributed by atoms with E-state index in [2.05, 4.69) is 10.6 Å². The van der Waals surface area contributed by atoms with E-state index in [1.165, 1.54) is 26.1 Å². The SMILES string of the molecule is CNC(=O)C(C)Nc1ccc(C#N)c(F)c1F. The van der Waals surface area contributed by atoms with Crippen LogP contribution in [0.2, 0.25) is 0 Å². The highest BCUT2D eigenvalue weighted by Crippen LogP contribution is 2.20. The standard InChI is InChI=1S/C11H11F2N3O/c1-6(11(17)15-2)16-8-4-3-7(5-14)9(12)10(8)13/h3-4,6,16H,1-2H3,(H,15,17). The predicted molar refractivity (Wildman–Crippen MR) is 58.2 cm³/mol. The Bertz CT molecular complexity index is 482. The first-order valence-electron chi connectivity index (χ1n) is 4.87. The molecule has 1 aromatic rings. The molecule has 0 aliphatic heterocycles. The normalized spacial score (nSPS) is 11.5. The Morgan fingerprint density at radius 1 is 1.41 bits per heavy atom. The Balaban J connectivity index is 2.98. The van der Waals surface area contributed by atoms with Gasteiger partial charge in [0.2, 0.25) is 5.91 Å². The van der Waals surface area contributed by atoms with E-state index < -0.39 is 17.7 Å². The Hall–Kier alpha value is -2.16. The number of rotatable bonds is 3. The van der Waals surface area contributed by atoms with Crippen molar-refractivity contribution in [3.63, 3.8) is 0 Å². The minimum Gasteiger partial charge on any atom is -0.371 e. The monoisotopic (exact) mass is 239 g/mol. The summed E-state index contributed by atoms with van der Waals surface area (Å²) in [5.41, 5.74) is -0.529. The van der Waals surface area contributed by atoms with Gasteiger partial charge in [-0.15, -0.1) is 0 Å². The van der Waals surface area contributed by atoms with E-state index in [0.29, 0.717) is 0 Å². The Morgan fingerprint density at radius 3 is 2.59 bits per heavy atom. The molecule has 1 atom stereocenters. The van der Waals surface area contributed by atoms with Gasteiger partial charge in [0.25, 0.3) is 0 Å². The fraction of sp³-hybridized carbons (Fsp3) is 0.273. The van der Waals surface area contributed by atoms with Gasteiger partial charge in [0.05, 0.1) is 11.3 Å². The quantitative estimate of drug-likeness (QED) is 0.837. The molecule has 17 heavy (non-hydrogen) atoms. The van der Waals surface area contributed by atoms with Gasteiger partial charge < -0.3 is 10.6 Å². The third kappa shape index (κ3) is 2.69. The van der Waals surface area contributed by atoms with E-state index in [9.17, 15) is 13.6 Å². The number of carbonyl (C=O) groups is 1. The highest BCUT2D eigenvalue weighted by atomic mass is 19.2. The van der Waals surface area contributed by atoms with Crippen molar-refractivity contribution in [2.24, 2.45) is 0 Å². The lowest BCUT2D eigenvalue weighted by atomic mass is 10.2. The predicted octanol–water partition coefficient (Wildman–Crippen LogP) is 1.38. The number of benzene rings is 1. The smallest absolute Gasteiger partial charge is 0.241 e. The van der Waals surface area contributed by atoms with Gasteiger partial charge in [-0.25, -0.2) is 8.78 Å². The molecular formula is C11H11F2N3O. The first-order chi connectivity index (χ1) is 8.01. The van der Waals surface area contributed by atoms with E-state index in [-0.39, 0.29) is 17.2 Å². The Morgan fingerprint density at radius 2 is 2.06 bits per heavy atom. The van der Waals surface area contributed by atoms with Crippen LogP contribution in [0.1, 0.15) is 12.5 Å². The number of hydrogen-bond acceptors (Lipinski definition) is 3. The van der Waals surface area contributed by atoms with E-state index in [0.717, 1.165) is 6.07 Å². The topological polar surface area (TPSA) is 64.9 Å². The average Bonchev–Trinajstić information content (AvgIpc) is 2.34. The summed E-state index contributed by atoms with van der Waals surface area (Å²) in [6, 6.07) is 3.19.